The summed E-state index contributed by atoms with van der Waals surface area (Å²) in [6, 6.07) is 0. The third-order valence-electron chi connectivity index (χ3n) is 2.84. The second-order valence-corrected chi connectivity index (χ2v) is 5.29. The third kappa shape index (κ3) is 2.49. The number of Topliss-reactive ketones (excluding diaryl/α,β-unsaturated/α-hetero) is 2. The standard InChI is InChI=1S/C13H13NO5S/c1-3-19-13(18)9-7-4-5-8(16)10(17)11(7)20-12(9)14-6(2)15/h3-5H2,1-2H3,(H,14,15). The lowest BCUT2D eigenvalue weighted by Gasteiger charge is -2.10. The summed E-state index contributed by atoms with van der Waals surface area (Å²) in [6.45, 7) is 3.17. The van der Waals surface area contributed by atoms with Crippen LogP contribution in [0.15, 0.2) is 0 Å². The molecule has 0 unspecified atom stereocenters. The largest absolute Gasteiger partial charge is 0.462 e. The van der Waals surface area contributed by atoms with Gasteiger partial charge < -0.3 is 10.1 Å². The molecule has 6 nitrogen and oxygen atoms in total. The molecule has 106 valence electrons. The molecule has 1 aliphatic carbocycles. The topological polar surface area (TPSA) is 89.5 Å². The van der Waals surface area contributed by atoms with Gasteiger partial charge in [-0.25, -0.2) is 4.79 Å². The molecule has 7 heteroatoms. The van der Waals surface area contributed by atoms with Crippen molar-refractivity contribution >= 4 is 39.8 Å². The number of carbonyl (C=O) groups excluding carboxylic acids is 4. The number of esters is 1. The average molecular weight is 295 g/mol. The number of hydrogen-bond acceptors (Lipinski definition) is 6. The van der Waals surface area contributed by atoms with E-state index in [1.54, 1.807) is 6.92 Å². The first-order valence-electron chi connectivity index (χ1n) is 6.13. The van der Waals surface area contributed by atoms with Crippen LogP contribution in [0.1, 0.15) is 45.9 Å². The van der Waals surface area contributed by atoms with Crippen molar-refractivity contribution in [1.82, 2.24) is 0 Å². The highest BCUT2D eigenvalue weighted by atomic mass is 32.1. The Kier molecular flexibility index (Phi) is 3.99. The molecular formula is C13H13NO5S. The van der Waals surface area contributed by atoms with Crippen LogP contribution in [0.25, 0.3) is 0 Å². The van der Waals surface area contributed by atoms with Crippen LogP contribution < -0.4 is 5.32 Å². The van der Waals surface area contributed by atoms with Crippen LogP contribution in [-0.2, 0) is 20.7 Å². The summed E-state index contributed by atoms with van der Waals surface area (Å²) in [6.07, 6.45) is 0.388. The number of hydrogen-bond donors (Lipinski definition) is 1. The zero-order chi connectivity index (χ0) is 14.9. The number of carbonyl (C=O) groups is 4. The Morgan fingerprint density at radius 1 is 1.30 bits per heavy atom. The second kappa shape index (κ2) is 5.54. The molecule has 0 aromatic carbocycles. The van der Waals surface area contributed by atoms with Crippen LogP contribution in [0.4, 0.5) is 5.00 Å². The molecule has 0 spiro atoms. The first kappa shape index (κ1) is 14.4. The van der Waals surface area contributed by atoms with Crippen molar-refractivity contribution in [3.63, 3.8) is 0 Å². The highest BCUT2D eigenvalue weighted by Crippen LogP contribution is 2.37. The SMILES string of the molecule is CCOC(=O)c1c(NC(C)=O)sc2c1CCC(=O)C2=O. The average Bonchev–Trinajstić information content (AvgIpc) is 2.72. The van der Waals surface area contributed by atoms with Crippen LogP contribution >= 0.6 is 11.3 Å². The Morgan fingerprint density at radius 2 is 2.00 bits per heavy atom. The summed E-state index contributed by atoms with van der Waals surface area (Å²) in [4.78, 5) is 46.7. The summed E-state index contributed by atoms with van der Waals surface area (Å²) < 4.78 is 4.96. The molecule has 1 N–H and O–H groups in total. The molecule has 1 aliphatic rings. The number of fused-ring (bicyclic) bond motifs is 1. The number of ether oxygens (including phenoxy) is 1. The Labute approximate surface area is 119 Å². The van der Waals surface area contributed by atoms with Crippen LogP contribution in [0.3, 0.4) is 0 Å². The van der Waals surface area contributed by atoms with E-state index in [1.807, 2.05) is 0 Å². The van der Waals surface area contributed by atoms with E-state index >= 15 is 0 Å². The first-order valence-corrected chi connectivity index (χ1v) is 6.95. The molecule has 0 bridgehead atoms. The van der Waals surface area contributed by atoms with Crippen molar-refractivity contribution in [2.45, 2.75) is 26.7 Å². The van der Waals surface area contributed by atoms with E-state index in [0.717, 1.165) is 11.3 Å². The van der Waals surface area contributed by atoms with Crippen molar-refractivity contribution in [2.75, 3.05) is 11.9 Å². The van der Waals surface area contributed by atoms with Gasteiger partial charge in [-0.2, -0.15) is 0 Å². The lowest BCUT2D eigenvalue weighted by molar-refractivity contribution is -0.115. The van der Waals surface area contributed by atoms with Crippen molar-refractivity contribution < 1.29 is 23.9 Å². The predicted octanol–water partition coefficient (Wildman–Crippen LogP) is 1.58. The monoisotopic (exact) mass is 295 g/mol. The molecule has 0 aliphatic heterocycles. The number of thiophene rings is 1. The Morgan fingerprint density at radius 3 is 2.60 bits per heavy atom. The maximum atomic E-state index is 12.0. The molecule has 0 saturated carbocycles. The van der Waals surface area contributed by atoms with Gasteiger partial charge >= 0.3 is 5.97 Å². The fourth-order valence-electron chi connectivity index (χ4n) is 2.03. The van der Waals surface area contributed by atoms with Crippen molar-refractivity contribution in [1.29, 1.82) is 0 Å². The zero-order valence-electron chi connectivity index (χ0n) is 11.1. The molecule has 1 aromatic heterocycles. The molecule has 1 heterocycles. The summed E-state index contributed by atoms with van der Waals surface area (Å²) >= 11 is 0.953. The minimum absolute atomic E-state index is 0.0779. The van der Waals surface area contributed by atoms with Crippen molar-refractivity contribution in [2.24, 2.45) is 0 Å². The maximum absolute atomic E-state index is 12.0. The Balaban J connectivity index is 2.54. The van der Waals surface area contributed by atoms with Gasteiger partial charge in [0.15, 0.2) is 0 Å². The number of anilines is 1. The van der Waals surface area contributed by atoms with Crippen molar-refractivity contribution in [3.8, 4) is 0 Å². The number of amides is 1. The fraction of sp³-hybridized carbons (Fsp3) is 0.385. The summed E-state index contributed by atoms with van der Waals surface area (Å²) in [5, 5.41) is 2.79. The van der Waals surface area contributed by atoms with E-state index in [4.69, 9.17) is 4.74 Å². The molecule has 1 amide bonds. The molecule has 0 saturated heterocycles. The lowest BCUT2D eigenvalue weighted by atomic mass is 9.93. The molecule has 2 rings (SSSR count). The van der Waals surface area contributed by atoms with Gasteiger partial charge in [-0.05, 0) is 18.9 Å². The highest BCUT2D eigenvalue weighted by molar-refractivity contribution is 7.19. The van der Waals surface area contributed by atoms with Crippen LogP contribution in [0.5, 0.6) is 0 Å². The number of rotatable bonds is 3. The molecule has 0 atom stereocenters. The highest BCUT2D eigenvalue weighted by Gasteiger charge is 2.34. The smallest absolute Gasteiger partial charge is 0.341 e. The lowest BCUT2D eigenvalue weighted by Crippen LogP contribution is -2.22. The van der Waals surface area contributed by atoms with Crippen LogP contribution in [-0.4, -0.2) is 30.0 Å². The minimum Gasteiger partial charge on any atom is -0.462 e. The Hall–Kier alpha value is -2.02. The quantitative estimate of drug-likeness (QED) is 0.675. The zero-order valence-corrected chi connectivity index (χ0v) is 11.9. The fourth-order valence-corrected chi connectivity index (χ4v) is 3.27. The summed E-state index contributed by atoms with van der Waals surface area (Å²) in [7, 11) is 0. The third-order valence-corrected chi connectivity index (χ3v) is 3.98. The minimum atomic E-state index is -0.599. The van der Waals surface area contributed by atoms with Gasteiger partial charge in [0.2, 0.25) is 17.5 Å². The van der Waals surface area contributed by atoms with E-state index < -0.39 is 17.5 Å². The van der Waals surface area contributed by atoms with Crippen molar-refractivity contribution in [3.05, 3.63) is 16.0 Å². The molecule has 0 fully saturated rings. The van der Waals surface area contributed by atoms with Gasteiger partial charge in [0.05, 0.1) is 17.0 Å². The summed E-state index contributed by atoms with van der Waals surface area (Å²) in [5.41, 5.74) is 0.699. The van der Waals surface area contributed by atoms with Gasteiger partial charge in [-0.3, -0.25) is 14.4 Å². The van der Waals surface area contributed by atoms with E-state index in [9.17, 15) is 19.2 Å². The second-order valence-electron chi connectivity index (χ2n) is 4.27. The van der Waals surface area contributed by atoms with Crippen LogP contribution in [0.2, 0.25) is 0 Å². The molecule has 20 heavy (non-hydrogen) atoms. The maximum Gasteiger partial charge on any atom is 0.341 e. The van der Waals surface area contributed by atoms with E-state index in [0.29, 0.717) is 12.0 Å². The number of ketones is 2. The molecule has 0 radical (unpaired) electrons. The van der Waals surface area contributed by atoms with E-state index in [-0.39, 0.29) is 34.4 Å². The first-order chi connectivity index (χ1) is 9.45. The van der Waals surface area contributed by atoms with E-state index in [1.165, 1.54) is 6.92 Å². The summed E-state index contributed by atoms with van der Waals surface area (Å²) in [5.74, 6) is -2.01. The van der Waals surface area contributed by atoms with Gasteiger partial charge in [-0.1, -0.05) is 0 Å². The van der Waals surface area contributed by atoms with Crippen LogP contribution in [0, 0.1) is 0 Å². The van der Waals surface area contributed by atoms with E-state index in [2.05, 4.69) is 5.32 Å². The Bertz CT molecular complexity index is 617. The van der Waals surface area contributed by atoms with Gasteiger partial charge in [0.1, 0.15) is 5.00 Å². The molecule has 1 aromatic rings. The number of nitrogens with one attached hydrogen (secondary N) is 1. The normalized spacial score (nSPS) is 13.9. The van der Waals surface area contributed by atoms with Gasteiger partial charge in [-0.15, -0.1) is 11.3 Å². The molecular weight excluding hydrogens is 282 g/mol. The predicted molar refractivity (Wildman–Crippen MR) is 72.2 cm³/mol. The van der Waals surface area contributed by atoms with Gasteiger partial charge in [0.25, 0.3) is 0 Å². The van der Waals surface area contributed by atoms with Gasteiger partial charge in [0, 0.05) is 13.3 Å².